The van der Waals surface area contributed by atoms with E-state index in [0.717, 1.165) is 5.33 Å². The van der Waals surface area contributed by atoms with E-state index in [9.17, 15) is 0 Å². The topological polar surface area (TPSA) is 0 Å². The van der Waals surface area contributed by atoms with Crippen LogP contribution in [0, 0.1) is 0 Å². The van der Waals surface area contributed by atoms with Gasteiger partial charge >= 0.3 is 45.5 Å². The summed E-state index contributed by atoms with van der Waals surface area (Å²) in [5.74, 6) is 0. The summed E-state index contributed by atoms with van der Waals surface area (Å²) in [6, 6.07) is 0. The molecule has 0 aromatic rings. The van der Waals surface area contributed by atoms with Gasteiger partial charge in [-0.25, -0.2) is 0 Å². The van der Waals surface area contributed by atoms with Gasteiger partial charge in [-0.3, -0.25) is 0 Å². The third-order valence-corrected chi connectivity index (χ3v) is 0. The van der Waals surface area contributed by atoms with Crippen LogP contribution in [0.15, 0.2) is 0 Å². The van der Waals surface area contributed by atoms with Gasteiger partial charge in [0.15, 0.2) is 0 Å². The molecule has 2 heteroatoms. The van der Waals surface area contributed by atoms with Gasteiger partial charge < -0.3 is 0 Å². The first kappa shape index (κ1) is 9.35. The van der Waals surface area contributed by atoms with Gasteiger partial charge in [0.25, 0.3) is 0 Å². The van der Waals surface area contributed by atoms with Gasteiger partial charge in [0.1, 0.15) is 0 Å². The molecule has 0 nitrogen and oxygen atoms in total. The number of halogens is 1. The van der Waals surface area contributed by atoms with Gasteiger partial charge in [-0.2, -0.15) is 0 Å². The van der Waals surface area contributed by atoms with Crippen LogP contribution in [0.1, 0.15) is 6.92 Å². The van der Waals surface area contributed by atoms with Crippen LogP contribution >= 0.6 is 15.9 Å². The number of hydrogen-bond acceptors (Lipinski definition) is 0. The van der Waals surface area contributed by atoms with Crippen molar-refractivity contribution in [1.82, 2.24) is 0 Å². The van der Waals surface area contributed by atoms with Crippen LogP contribution in [0.5, 0.6) is 0 Å². The van der Waals surface area contributed by atoms with Gasteiger partial charge in [-0.15, -0.1) is 0 Å². The molecule has 0 aliphatic carbocycles. The fourth-order valence-electron chi connectivity index (χ4n) is 0. The molecule has 0 aromatic heterocycles. The van der Waals surface area contributed by atoms with Crippen molar-refractivity contribution in [3.05, 3.63) is 0 Å². The molecule has 0 amide bonds. The van der Waals surface area contributed by atoms with Crippen molar-refractivity contribution >= 4 is 61.4 Å². The quantitative estimate of drug-likeness (QED) is 0.393. The Morgan fingerprint density at radius 1 is 1.75 bits per heavy atom. The zero-order valence-corrected chi connectivity index (χ0v) is 3.67. The van der Waals surface area contributed by atoms with Gasteiger partial charge in [0.2, 0.25) is 0 Å². The molecule has 0 heterocycles. The fraction of sp³-hybridized carbons (Fsp3) is 1.00. The molecule has 0 saturated carbocycles. The molecule has 0 unspecified atom stereocenters. The predicted molar refractivity (Wildman–Crippen MR) is 28.0 cm³/mol. The van der Waals surface area contributed by atoms with E-state index in [0.29, 0.717) is 0 Å². The average molecular weight is 199 g/mol. The van der Waals surface area contributed by atoms with Crippen molar-refractivity contribution in [2.45, 2.75) is 6.92 Å². The van der Waals surface area contributed by atoms with Crippen molar-refractivity contribution in [2.75, 3.05) is 5.33 Å². The predicted octanol–water partition coefficient (Wildman–Crippen LogP) is 0.485. The first-order valence-corrected chi connectivity index (χ1v) is 2.10. The molecular formula is C2H7BrSr. The molecule has 0 aromatic carbocycles. The Morgan fingerprint density at radius 2 is 1.75 bits per heavy atom. The van der Waals surface area contributed by atoms with E-state index in [-0.39, 0.29) is 45.5 Å². The molecule has 24 valence electrons. The Hall–Kier alpha value is 1.96. The van der Waals surface area contributed by atoms with Crippen LogP contribution in [-0.2, 0) is 0 Å². The van der Waals surface area contributed by atoms with Gasteiger partial charge in [-0.1, -0.05) is 22.9 Å². The standard InChI is InChI=1S/C2H5Br.Sr.2H/c1-2-3;;;/h2H2,1H3;;;. The van der Waals surface area contributed by atoms with Gasteiger partial charge in [0.05, 0.1) is 0 Å². The van der Waals surface area contributed by atoms with E-state index < -0.39 is 0 Å². The minimum atomic E-state index is 0. The van der Waals surface area contributed by atoms with E-state index in [1.165, 1.54) is 0 Å². The summed E-state index contributed by atoms with van der Waals surface area (Å²) in [5.41, 5.74) is 0. The molecule has 0 saturated heterocycles. The van der Waals surface area contributed by atoms with Crippen molar-refractivity contribution in [3.63, 3.8) is 0 Å². The molecule has 4 heavy (non-hydrogen) atoms. The van der Waals surface area contributed by atoms with E-state index in [1.807, 2.05) is 6.92 Å². The summed E-state index contributed by atoms with van der Waals surface area (Å²) in [6.07, 6.45) is 0. The monoisotopic (exact) mass is 198 g/mol. The SMILES string of the molecule is CCBr.[SrH2]. The second-order valence-electron chi connectivity index (χ2n) is 0.267. The Bertz CT molecular complexity index is 6.00. The number of hydrogen-bond donors (Lipinski definition) is 0. The summed E-state index contributed by atoms with van der Waals surface area (Å²) in [6.45, 7) is 2.04. The van der Waals surface area contributed by atoms with E-state index in [1.54, 1.807) is 0 Å². The Balaban J connectivity index is 0. The molecule has 0 spiro atoms. The first-order chi connectivity index (χ1) is 1.41. The van der Waals surface area contributed by atoms with Crippen LogP contribution in [0.3, 0.4) is 0 Å². The number of alkyl halides is 1. The molecule has 0 aliphatic rings. The van der Waals surface area contributed by atoms with E-state index >= 15 is 0 Å². The minimum absolute atomic E-state index is 0. The molecular weight excluding hydrogens is 192 g/mol. The molecule has 0 aliphatic heterocycles. The zero-order valence-electron chi connectivity index (χ0n) is 2.09. The van der Waals surface area contributed by atoms with E-state index in [4.69, 9.17) is 0 Å². The Labute approximate surface area is 72.4 Å². The summed E-state index contributed by atoms with van der Waals surface area (Å²) in [4.78, 5) is 0. The molecule has 0 atom stereocenters. The summed E-state index contributed by atoms with van der Waals surface area (Å²) >= 11 is 3.15. The van der Waals surface area contributed by atoms with Crippen LogP contribution in [0.4, 0.5) is 0 Å². The molecule has 0 fully saturated rings. The van der Waals surface area contributed by atoms with Crippen molar-refractivity contribution in [1.29, 1.82) is 0 Å². The van der Waals surface area contributed by atoms with Gasteiger partial charge in [0, 0.05) is 5.33 Å². The maximum absolute atomic E-state index is 3.15. The van der Waals surface area contributed by atoms with Crippen LogP contribution in [0.25, 0.3) is 0 Å². The second-order valence-corrected chi connectivity index (χ2v) is 1.39. The average Bonchev–Trinajstić information content (AvgIpc) is 0.918. The third-order valence-electron chi connectivity index (χ3n) is 0. The Kier molecular flexibility index (Phi) is 20.8. The fourth-order valence-corrected chi connectivity index (χ4v) is 0. The van der Waals surface area contributed by atoms with Crippen molar-refractivity contribution in [2.24, 2.45) is 0 Å². The molecule has 0 rings (SSSR count). The summed E-state index contributed by atoms with van der Waals surface area (Å²) in [5, 5.41) is 1.06. The second kappa shape index (κ2) is 8.88. The normalized spacial score (nSPS) is 4.50. The van der Waals surface area contributed by atoms with Gasteiger partial charge in [-0.05, 0) is 0 Å². The summed E-state index contributed by atoms with van der Waals surface area (Å²) < 4.78 is 0. The van der Waals surface area contributed by atoms with Crippen LogP contribution in [-0.4, -0.2) is 50.8 Å². The summed E-state index contributed by atoms with van der Waals surface area (Å²) in [7, 11) is 0. The van der Waals surface area contributed by atoms with Crippen LogP contribution < -0.4 is 0 Å². The third kappa shape index (κ3) is 9.03. The number of rotatable bonds is 0. The van der Waals surface area contributed by atoms with Crippen molar-refractivity contribution < 1.29 is 0 Å². The van der Waals surface area contributed by atoms with Crippen molar-refractivity contribution in [3.8, 4) is 0 Å². The molecule has 0 radical (unpaired) electrons. The van der Waals surface area contributed by atoms with E-state index in [2.05, 4.69) is 15.9 Å². The van der Waals surface area contributed by atoms with Crippen LogP contribution in [0.2, 0.25) is 0 Å². The zero-order chi connectivity index (χ0) is 2.71. The maximum atomic E-state index is 3.15. The molecule has 0 N–H and O–H groups in total. The first-order valence-electron chi connectivity index (χ1n) is 0.974. The molecule has 0 bridgehead atoms. The Morgan fingerprint density at radius 3 is 1.75 bits per heavy atom.